The van der Waals surface area contributed by atoms with E-state index in [9.17, 15) is 68.3 Å². The van der Waals surface area contributed by atoms with Crippen LogP contribution in [0.3, 0.4) is 0 Å². The Morgan fingerprint density at radius 2 is 1.28 bits per heavy atom. The Hall–Kier alpha value is 0.510. The van der Waals surface area contributed by atoms with Crippen LogP contribution in [0.5, 0.6) is 5.75 Å². The number of sulfone groups is 2. The summed E-state index contributed by atoms with van der Waals surface area (Å²) in [5.41, 5.74) is 2.25. The first-order valence-electron chi connectivity index (χ1n) is 14.9. The topological polar surface area (TPSA) is 420 Å². The van der Waals surface area contributed by atoms with Gasteiger partial charge in [0.25, 0.3) is 0 Å². The summed E-state index contributed by atoms with van der Waals surface area (Å²) in [6.45, 7) is -1.51. The fraction of sp³-hybridized carbons (Fsp3) is 0.148. The zero-order chi connectivity index (χ0) is 43.8. The van der Waals surface area contributed by atoms with Gasteiger partial charge in [-0.2, -0.15) is 9.45 Å². The molecule has 0 saturated carbocycles. The van der Waals surface area contributed by atoms with Crippen LogP contribution in [0.2, 0.25) is 0 Å². The number of nitrogens with zero attached hydrogens (tertiary/aromatic N) is 4. The van der Waals surface area contributed by atoms with Crippen molar-refractivity contribution in [1.82, 2.24) is 0 Å². The Bertz CT molecular complexity index is 2760. The maximum atomic E-state index is 12.6. The van der Waals surface area contributed by atoms with Gasteiger partial charge in [0.15, 0.2) is 37.7 Å². The molecule has 4 rings (SSSR count). The minimum Gasteiger partial charge on any atom is -0.744 e. The minimum absolute atomic E-state index is 0. The predicted octanol–water partition coefficient (Wildman–Crippen LogP) is -14.7. The Kier molecular flexibility index (Phi) is 30.8. The predicted molar refractivity (Wildman–Crippen MR) is 187 cm³/mol. The van der Waals surface area contributed by atoms with Crippen molar-refractivity contribution in [3.05, 3.63) is 60.2 Å². The van der Waals surface area contributed by atoms with Crippen molar-refractivity contribution < 1.29 is 243 Å². The number of fused-ring (bicyclic) bond motifs is 1. The van der Waals surface area contributed by atoms with E-state index in [1.807, 2.05) is 0 Å². The number of phenols is 1. The molecule has 0 fully saturated rings. The van der Waals surface area contributed by atoms with Crippen LogP contribution in [0, 0.1) is 0 Å². The largest absolute Gasteiger partial charge is 1.00 e. The van der Waals surface area contributed by atoms with Crippen LogP contribution in [-0.2, 0) is 67.3 Å². The number of anilines is 1. The molecule has 4 aromatic carbocycles. The van der Waals surface area contributed by atoms with Gasteiger partial charge in [0.05, 0.1) is 84.8 Å². The summed E-state index contributed by atoms with van der Waals surface area (Å²) in [4.78, 5) is 9.55. The fourth-order valence-corrected chi connectivity index (χ4v) is 8.66. The summed E-state index contributed by atoms with van der Waals surface area (Å²) < 4.78 is 136. The second-order valence-electron chi connectivity index (χ2n) is 10.7. The van der Waals surface area contributed by atoms with Gasteiger partial charge in [0.2, 0.25) is 10.4 Å². The molecular formula is C27H20N5Na5O21S6. The Morgan fingerprint density at radius 3 is 1.84 bits per heavy atom. The number of carboxylic acid groups (broad SMARTS) is 1. The van der Waals surface area contributed by atoms with Crippen LogP contribution in [-0.4, -0.2) is 78.6 Å². The third kappa shape index (κ3) is 19.0. The molecule has 0 spiro atoms. The van der Waals surface area contributed by atoms with Crippen molar-refractivity contribution in [2.75, 3.05) is 30.5 Å². The monoisotopic (exact) mass is 1060 g/mol. The van der Waals surface area contributed by atoms with Gasteiger partial charge in [-0.3, -0.25) is 18.4 Å². The zero-order valence-corrected chi connectivity index (χ0v) is 48.4. The number of carbonyl (C=O) groups excluding carboxylic acids is 1. The number of phenolic OH excluding ortho intramolecular Hbond substituents is 1. The quantitative estimate of drug-likeness (QED) is 0.00900. The standard InChI is InChI=1S/C27H25N5O21S6.5Na/c28-23-22-14(11-20(54-52-50-36)24(26(22)33)31-29-15-1-3-16(4-2-15)56(38,39)9-7-48-55-53-51-37)12-21(58(42,43)44)25(23)32-30-19-6-5-17(13-18(19)27(34)35)57(40,41)10-8-49-59(45,46)47;;;;;/h1-6,11-13,33,36-37H,7-10,28H2,(H,34,35)(H,42,43,44)(H,45,46,47);;;;;/q;5*+1/p-5. The van der Waals surface area contributed by atoms with E-state index >= 15 is 0 Å². The second-order valence-corrected chi connectivity index (χ2v) is 18.6. The molecule has 0 aliphatic carbocycles. The number of rotatable bonds is 21. The van der Waals surface area contributed by atoms with Gasteiger partial charge >= 0.3 is 148 Å². The first-order chi connectivity index (χ1) is 27.6. The molecule has 0 atom stereocenters. The summed E-state index contributed by atoms with van der Waals surface area (Å²) in [6, 6.07) is 8.40. The van der Waals surface area contributed by atoms with E-state index in [1.165, 1.54) is 12.1 Å². The maximum absolute atomic E-state index is 12.6. The van der Waals surface area contributed by atoms with Gasteiger partial charge in [0, 0.05) is 5.56 Å². The number of aromatic carboxylic acids is 1. The van der Waals surface area contributed by atoms with Gasteiger partial charge in [0.1, 0.15) is 21.5 Å². The molecule has 0 aliphatic rings. The average Bonchev–Trinajstić information content (AvgIpc) is 3.15. The third-order valence-electron chi connectivity index (χ3n) is 7.12. The number of nitrogen functional groups attached to an aromatic ring is 1. The van der Waals surface area contributed by atoms with Crippen LogP contribution in [0.15, 0.2) is 94.6 Å². The normalized spacial score (nSPS) is 11.9. The van der Waals surface area contributed by atoms with Gasteiger partial charge < -0.3 is 40.4 Å². The van der Waals surface area contributed by atoms with E-state index in [2.05, 4.69) is 43.4 Å². The van der Waals surface area contributed by atoms with Crippen LogP contribution in [0.1, 0.15) is 10.4 Å². The summed E-state index contributed by atoms with van der Waals surface area (Å²) in [5.74, 6) is -4.58. The van der Waals surface area contributed by atoms with Crippen molar-refractivity contribution in [1.29, 1.82) is 0 Å². The Labute approximate surface area is 482 Å². The van der Waals surface area contributed by atoms with E-state index in [1.54, 1.807) is 0 Å². The van der Waals surface area contributed by atoms with Crippen molar-refractivity contribution in [2.24, 2.45) is 20.5 Å². The van der Waals surface area contributed by atoms with Crippen LogP contribution in [0.4, 0.5) is 28.4 Å². The molecule has 0 saturated heterocycles. The van der Waals surface area contributed by atoms with Gasteiger partial charge in [-0.1, -0.05) is 0 Å². The molecule has 0 radical (unpaired) electrons. The molecule has 37 heteroatoms. The molecule has 0 aromatic heterocycles. The van der Waals surface area contributed by atoms with Crippen molar-refractivity contribution in [2.45, 2.75) is 19.6 Å². The molecular weight excluding hydrogens is 1040 g/mol. The summed E-state index contributed by atoms with van der Waals surface area (Å²) in [5, 5.41) is 64.3. The van der Waals surface area contributed by atoms with E-state index in [-0.39, 0.29) is 193 Å². The number of hydrogen-bond acceptors (Lipinski definition) is 28. The molecule has 0 unspecified atom stereocenters. The van der Waals surface area contributed by atoms with Gasteiger partial charge in [-0.05, 0) is 60.0 Å². The summed E-state index contributed by atoms with van der Waals surface area (Å²) in [7, 11) is -19.2. The molecule has 64 heavy (non-hydrogen) atoms. The van der Waals surface area contributed by atoms with Crippen LogP contribution < -0.4 is 169 Å². The zero-order valence-electron chi connectivity index (χ0n) is 33.5. The van der Waals surface area contributed by atoms with Gasteiger partial charge in [-0.25, -0.2) is 33.7 Å². The summed E-state index contributed by atoms with van der Waals surface area (Å²) >= 11 is 0.247. The number of azo groups is 2. The third-order valence-corrected chi connectivity index (χ3v) is 12.8. The average molecular weight is 1060 g/mol. The van der Waals surface area contributed by atoms with E-state index < -0.39 is 120 Å². The molecule has 0 aliphatic heterocycles. The number of benzene rings is 4. The molecule has 0 bridgehead atoms. The first-order valence-corrected chi connectivity index (χ1v) is 22.4. The number of nitrogens with two attached hydrogens (primary N) is 1. The molecule has 3 N–H and O–H groups in total. The van der Waals surface area contributed by atoms with Crippen molar-refractivity contribution >= 4 is 110 Å². The van der Waals surface area contributed by atoms with Crippen LogP contribution >= 0.6 is 24.4 Å². The minimum atomic E-state index is -5.52. The molecule has 0 heterocycles. The Balaban J connectivity index is 0. The molecule has 320 valence electrons. The summed E-state index contributed by atoms with van der Waals surface area (Å²) in [6.07, 6.45) is 0. The van der Waals surface area contributed by atoms with Gasteiger partial charge in [-0.15, -0.1) is 19.7 Å². The van der Waals surface area contributed by atoms with Crippen molar-refractivity contribution in [3.8, 4) is 5.75 Å². The Morgan fingerprint density at radius 1 is 0.719 bits per heavy atom. The number of carboxylic acids is 1. The maximum Gasteiger partial charge on any atom is 1.00 e. The fourth-order valence-electron chi connectivity index (χ4n) is 4.60. The molecule has 0 amide bonds. The number of carbonyl (C=O) groups is 1. The SMILES string of the molecule is Nc1c(N=Nc2ccc(S(=O)(=O)CCOS(=O)(=O)[O-])cc2C(=O)[O-])c(S(=O)(=O)[O-])cc2cc(SOO[O-])c(N=Nc3ccc(S(=O)(=O)CCOSOO[O-])cc3)c(O)c12.[Na+].[Na+].[Na+].[Na+].[Na+]. The van der Waals surface area contributed by atoms with E-state index in [0.717, 1.165) is 30.3 Å². The van der Waals surface area contributed by atoms with E-state index in [4.69, 9.17) is 9.92 Å². The first kappa shape index (κ1) is 66.6. The van der Waals surface area contributed by atoms with E-state index in [0.29, 0.717) is 12.1 Å². The van der Waals surface area contributed by atoms with Crippen LogP contribution in [0.25, 0.3) is 10.8 Å². The van der Waals surface area contributed by atoms with Crippen molar-refractivity contribution in [3.63, 3.8) is 0 Å². The number of aromatic hydroxyl groups is 1. The second kappa shape index (κ2) is 29.6. The number of hydrogen-bond donors (Lipinski definition) is 2. The smallest absolute Gasteiger partial charge is 0.744 e. The molecule has 26 nitrogen and oxygen atoms in total. The molecule has 4 aromatic rings.